The van der Waals surface area contributed by atoms with Crippen molar-refractivity contribution in [2.24, 2.45) is 5.73 Å². The molecule has 4 aliphatic heterocycles. The lowest BCUT2D eigenvalue weighted by Gasteiger charge is -2.37. The van der Waals surface area contributed by atoms with Gasteiger partial charge >= 0.3 is 0 Å². The lowest BCUT2D eigenvalue weighted by Crippen LogP contribution is -2.54. The van der Waals surface area contributed by atoms with E-state index < -0.39 is 29.7 Å². The van der Waals surface area contributed by atoms with Gasteiger partial charge in [0.05, 0.1) is 16.8 Å². The zero-order valence-corrected chi connectivity index (χ0v) is 19.6. The molecule has 11 heteroatoms. The van der Waals surface area contributed by atoms with Crippen LogP contribution in [0.25, 0.3) is 0 Å². The largest absolute Gasteiger partial charge is 0.368 e. The fraction of sp³-hybridized carbons (Fsp3) is 0.542. The Morgan fingerprint density at radius 2 is 1.77 bits per heavy atom. The van der Waals surface area contributed by atoms with Crippen LogP contribution < -0.4 is 16.0 Å². The molecule has 186 valence electrons. The summed E-state index contributed by atoms with van der Waals surface area (Å²) in [6.07, 6.45) is 1.54. The van der Waals surface area contributed by atoms with Gasteiger partial charge in [-0.05, 0) is 25.0 Å². The first-order valence-corrected chi connectivity index (χ1v) is 12.2. The van der Waals surface area contributed by atoms with E-state index in [2.05, 4.69) is 15.1 Å². The number of piperazine rings is 1. The quantitative estimate of drug-likeness (QED) is 0.519. The number of imide groups is 2. The van der Waals surface area contributed by atoms with Crippen LogP contribution in [0.15, 0.2) is 18.2 Å². The van der Waals surface area contributed by atoms with Crippen LogP contribution in [0.1, 0.15) is 46.4 Å². The van der Waals surface area contributed by atoms with Gasteiger partial charge in [0.2, 0.25) is 17.7 Å². The summed E-state index contributed by atoms with van der Waals surface area (Å²) in [7, 11) is 0. The smallest absolute Gasteiger partial charge is 0.264 e. The monoisotopic (exact) mass is 482 g/mol. The number of nitrogens with one attached hydrogen (secondary N) is 1. The summed E-state index contributed by atoms with van der Waals surface area (Å²) in [6.45, 7) is 4.80. The van der Waals surface area contributed by atoms with Gasteiger partial charge in [-0.1, -0.05) is 6.07 Å². The number of carbonyl (C=O) groups excluding carboxylic acids is 5. The SMILES string of the molecule is N[C@H]1CCN(C(=O)CCN2CCN(c3cccc4c3C(=O)N(C3CCC(=O)NC3=O)C4=O)CC2)C1. The molecule has 0 aliphatic carbocycles. The number of benzene rings is 1. The fourth-order valence-electron chi connectivity index (χ4n) is 5.40. The van der Waals surface area contributed by atoms with E-state index in [1.165, 1.54) is 0 Å². The number of rotatable bonds is 5. The van der Waals surface area contributed by atoms with Crippen molar-refractivity contribution in [2.45, 2.75) is 37.8 Å². The number of carbonyl (C=O) groups is 5. The molecule has 35 heavy (non-hydrogen) atoms. The average Bonchev–Trinajstić information content (AvgIpc) is 3.39. The van der Waals surface area contributed by atoms with Crippen LogP contribution in [-0.2, 0) is 14.4 Å². The van der Waals surface area contributed by atoms with Gasteiger partial charge in [-0.25, -0.2) is 0 Å². The first-order valence-electron chi connectivity index (χ1n) is 12.2. The van der Waals surface area contributed by atoms with E-state index in [0.29, 0.717) is 43.9 Å². The minimum atomic E-state index is -0.979. The molecule has 0 radical (unpaired) electrons. The third kappa shape index (κ3) is 4.41. The Labute approximate surface area is 203 Å². The Kier molecular flexibility index (Phi) is 6.28. The van der Waals surface area contributed by atoms with E-state index in [1.807, 2.05) is 11.0 Å². The van der Waals surface area contributed by atoms with Crippen LogP contribution in [0.3, 0.4) is 0 Å². The fourth-order valence-corrected chi connectivity index (χ4v) is 5.40. The first kappa shape index (κ1) is 23.4. The minimum absolute atomic E-state index is 0.0793. The molecule has 0 saturated carbocycles. The van der Waals surface area contributed by atoms with Crippen LogP contribution >= 0.6 is 0 Å². The maximum atomic E-state index is 13.3. The summed E-state index contributed by atoms with van der Waals surface area (Å²) < 4.78 is 0. The van der Waals surface area contributed by atoms with Crippen molar-refractivity contribution in [1.29, 1.82) is 0 Å². The third-order valence-electron chi connectivity index (χ3n) is 7.38. The van der Waals surface area contributed by atoms with Gasteiger partial charge < -0.3 is 15.5 Å². The van der Waals surface area contributed by atoms with E-state index in [0.717, 1.165) is 31.0 Å². The summed E-state index contributed by atoms with van der Waals surface area (Å²) in [5, 5.41) is 2.22. The average molecular weight is 483 g/mol. The zero-order valence-electron chi connectivity index (χ0n) is 19.6. The molecule has 0 spiro atoms. The summed E-state index contributed by atoms with van der Waals surface area (Å²) in [5.74, 6) is -1.87. The number of piperidine rings is 1. The predicted octanol–water partition coefficient (Wildman–Crippen LogP) is -0.840. The number of hydrogen-bond donors (Lipinski definition) is 2. The molecule has 3 saturated heterocycles. The van der Waals surface area contributed by atoms with Gasteiger partial charge in [-0.2, -0.15) is 0 Å². The normalized spacial score (nSPS) is 25.3. The molecule has 3 N–H and O–H groups in total. The van der Waals surface area contributed by atoms with Gasteiger partial charge in [-0.15, -0.1) is 0 Å². The second-order valence-electron chi connectivity index (χ2n) is 9.61. The van der Waals surface area contributed by atoms with Crippen molar-refractivity contribution in [3.63, 3.8) is 0 Å². The van der Waals surface area contributed by atoms with E-state index in [-0.39, 0.29) is 30.4 Å². The predicted molar refractivity (Wildman–Crippen MR) is 126 cm³/mol. The second kappa shape index (κ2) is 9.38. The molecule has 1 aromatic carbocycles. The highest BCUT2D eigenvalue weighted by molar-refractivity contribution is 6.25. The molecule has 1 unspecified atom stereocenters. The lowest BCUT2D eigenvalue weighted by atomic mass is 10.0. The molecule has 4 aliphatic rings. The van der Waals surface area contributed by atoms with Gasteiger partial charge in [0.1, 0.15) is 6.04 Å². The zero-order chi connectivity index (χ0) is 24.7. The number of nitrogens with two attached hydrogens (primary N) is 1. The Hall–Kier alpha value is -3.31. The number of likely N-dealkylation sites (tertiary alicyclic amines) is 1. The molecule has 5 amide bonds. The summed E-state index contributed by atoms with van der Waals surface area (Å²) in [6, 6.07) is 4.28. The minimum Gasteiger partial charge on any atom is -0.368 e. The Bertz CT molecular complexity index is 1080. The Balaban J connectivity index is 1.23. The van der Waals surface area contributed by atoms with Gasteiger partial charge in [0.15, 0.2) is 0 Å². The molecular formula is C24H30N6O5. The lowest BCUT2D eigenvalue weighted by molar-refractivity contribution is -0.136. The Morgan fingerprint density at radius 3 is 2.46 bits per heavy atom. The maximum Gasteiger partial charge on any atom is 0.264 e. The van der Waals surface area contributed by atoms with Gasteiger partial charge in [-0.3, -0.25) is 39.1 Å². The highest BCUT2D eigenvalue weighted by atomic mass is 16.2. The number of anilines is 1. The second-order valence-corrected chi connectivity index (χ2v) is 9.61. The van der Waals surface area contributed by atoms with E-state index in [9.17, 15) is 24.0 Å². The summed E-state index contributed by atoms with van der Waals surface area (Å²) in [4.78, 5) is 69.8. The van der Waals surface area contributed by atoms with E-state index in [1.54, 1.807) is 12.1 Å². The van der Waals surface area contributed by atoms with Crippen LogP contribution in [0, 0.1) is 0 Å². The molecule has 3 fully saturated rings. The first-order chi connectivity index (χ1) is 16.8. The van der Waals surface area contributed by atoms with Crippen molar-refractivity contribution in [2.75, 3.05) is 50.7 Å². The maximum absolute atomic E-state index is 13.3. The number of amides is 5. The molecule has 0 bridgehead atoms. The topological polar surface area (TPSA) is 136 Å². The van der Waals surface area contributed by atoms with Crippen molar-refractivity contribution in [1.82, 2.24) is 20.0 Å². The molecule has 4 heterocycles. The number of fused-ring (bicyclic) bond motifs is 1. The van der Waals surface area contributed by atoms with Gasteiger partial charge in [0, 0.05) is 64.7 Å². The third-order valence-corrected chi connectivity index (χ3v) is 7.38. The molecule has 1 aromatic rings. The molecule has 5 rings (SSSR count). The summed E-state index contributed by atoms with van der Waals surface area (Å²) >= 11 is 0. The molecule has 11 nitrogen and oxygen atoms in total. The molecular weight excluding hydrogens is 452 g/mol. The Morgan fingerprint density at radius 1 is 1.00 bits per heavy atom. The van der Waals surface area contributed by atoms with Crippen molar-refractivity contribution < 1.29 is 24.0 Å². The highest BCUT2D eigenvalue weighted by Crippen LogP contribution is 2.34. The van der Waals surface area contributed by atoms with Crippen LogP contribution in [0.4, 0.5) is 5.69 Å². The number of nitrogens with zero attached hydrogens (tertiary/aromatic N) is 4. The van der Waals surface area contributed by atoms with Crippen molar-refractivity contribution >= 4 is 35.2 Å². The summed E-state index contributed by atoms with van der Waals surface area (Å²) in [5.41, 5.74) is 7.18. The van der Waals surface area contributed by atoms with Crippen LogP contribution in [-0.4, -0.2) is 102 Å². The molecule has 0 aromatic heterocycles. The van der Waals surface area contributed by atoms with Crippen LogP contribution in [0.2, 0.25) is 0 Å². The van der Waals surface area contributed by atoms with E-state index >= 15 is 0 Å². The van der Waals surface area contributed by atoms with Crippen molar-refractivity contribution in [3.05, 3.63) is 29.3 Å². The van der Waals surface area contributed by atoms with Crippen molar-refractivity contribution in [3.8, 4) is 0 Å². The highest BCUT2D eigenvalue weighted by Gasteiger charge is 2.46. The molecule has 2 atom stereocenters. The standard InChI is InChI=1S/C24H30N6O5/c25-15-6-9-29(14-15)20(32)7-8-27-10-12-28(13-11-27)17-3-1-2-16-21(17)24(35)30(23(16)34)18-4-5-19(31)26-22(18)33/h1-3,15,18H,4-14,25H2,(H,26,31,33)/t15-,18?/m0/s1. The van der Waals surface area contributed by atoms with E-state index in [4.69, 9.17) is 5.73 Å². The van der Waals surface area contributed by atoms with Gasteiger partial charge in [0.25, 0.3) is 11.8 Å². The van der Waals surface area contributed by atoms with Crippen LogP contribution in [0.5, 0.6) is 0 Å². The number of hydrogen-bond acceptors (Lipinski definition) is 8.